The molecule has 1 aliphatic rings. The Hall–Kier alpha value is -2.97. The van der Waals surface area contributed by atoms with Crippen LogP contribution in [0.3, 0.4) is 0 Å². The van der Waals surface area contributed by atoms with Gasteiger partial charge < -0.3 is 14.4 Å². The number of aromatic nitrogens is 1. The molecule has 0 unspecified atom stereocenters. The van der Waals surface area contributed by atoms with Gasteiger partial charge in [0, 0.05) is 37.1 Å². The van der Waals surface area contributed by atoms with Gasteiger partial charge in [-0.15, -0.1) is 11.3 Å². The van der Waals surface area contributed by atoms with Crippen LogP contribution in [0, 0.1) is 5.82 Å². The first-order valence-electron chi connectivity index (χ1n) is 10.1. The molecule has 0 atom stereocenters. The molecule has 1 fully saturated rings. The Kier molecular flexibility index (Phi) is 6.79. The van der Waals surface area contributed by atoms with Gasteiger partial charge in [0.25, 0.3) is 5.91 Å². The third-order valence-electron chi connectivity index (χ3n) is 5.21. The average Bonchev–Trinajstić information content (AvgIpc) is 3.27. The number of hydrogen-bond donors (Lipinski definition) is 0. The van der Waals surface area contributed by atoms with E-state index >= 15 is 0 Å². The number of hydrogen-bond acceptors (Lipinski definition) is 6. The first-order chi connectivity index (χ1) is 15.1. The highest BCUT2D eigenvalue weighted by molar-refractivity contribution is 7.09. The molecule has 0 spiro atoms. The number of amides is 1. The number of thiazole rings is 1. The van der Waals surface area contributed by atoms with Crippen molar-refractivity contribution in [2.45, 2.75) is 6.54 Å². The molecule has 1 aliphatic heterocycles. The number of benzene rings is 2. The van der Waals surface area contributed by atoms with Crippen molar-refractivity contribution in [1.82, 2.24) is 14.8 Å². The molecule has 6 nitrogen and oxygen atoms in total. The molecular formula is C23H24FN3O3S. The molecule has 0 saturated carbocycles. The van der Waals surface area contributed by atoms with Crippen molar-refractivity contribution >= 4 is 17.2 Å². The normalized spacial score (nSPS) is 14.5. The summed E-state index contributed by atoms with van der Waals surface area (Å²) in [5, 5.41) is 3.12. The molecule has 162 valence electrons. The summed E-state index contributed by atoms with van der Waals surface area (Å²) < 4.78 is 24.2. The molecular weight excluding hydrogens is 417 g/mol. The Morgan fingerprint density at radius 1 is 1.10 bits per heavy atom. The Balaban J connectivity index is 1.25. The monoisotopic (exact) mass is 441 g/mol. The topological polar surface area (TPSA) is 54.9 Å². The van der Waals surface area contributed by atoms with E-state index in [9.17, 15) is 9.18 Å². The van der Waals surface area contributed by atoms with Crippen LogP contribution in [0.2, 0.25) is 0 Å². The molecule has 31 heavy (non-hydrogen) atoms. The second kappa shape index (κ2) is 9.89. The zero-order chi connectivity index (χ0) is 21.6. The first kappa shape index (κ1) is 21.3. The van der Waals surface area contributed by atoms with Gasteiger partial charge in [0.1, 0.15) is 10.8 Å². The van der Waals surface area contributed by atoms with Gasteiger partial charge in [0.2, 0.25) is 0 Å². The van der Waals surface area contributed by atoms with E-state index in [0.717, 1.165) is 41.6 Å². The molecule has 3 aromatic rings. The quantitative estimate of drug-likeness (QED) is 0.560. The summed E-state index contributed by atoms with van der Waals surface area (Å²) in [7, 11) is 1.65. The van der Waals surface area contributed by atoms with Crippen LogP contribution >= 0.6 is 11.3 Å². The van der Waals surface area contributed by atoms with Crippen LogP contribution < -0.4 is 9.47 Å². The molecule has 0 bridgehead atoms. The van der Waals surface area contributed by atoms with E-state index in [1.807, 2.05) is 24.3 Å². The van der Waals surface area contributed by atoms with Crippen molar-refractivity contribution in [2.75, 3.05) is 39.9 Å². The summed E-state index contributed by atoms with van der Waals surface area (Å²) in [6.07, 6.45) is 0. The summed E-state index contributed by atoms with van der Waals surface area (Å²) in [6.45, 7) is 3.38. The Bertz CT molecular complexity index is 1020. The van der Waals surface area contributed by atoms with Crippen molar-refractivity contribution < 1.29 is 18.7 Å². The lowest BCUT2D eigenvalue weighted by atomic mass is 10.2. The van der Waals surface area contributed by atoms with Crippen LogP contribution in [0.15, 0.2) is 53.9 Å². The smallest absolute Gasteiger partial charge is 0.260 e. The molecule has 8 heteroatoms. The van der Waals surface area contributed by atoms with E-state index in [-0.39, 0.29) is 18.3 Å². The minimum absolute atomic E-state index is 0.103. The van der Waals surface area contributed by atoms with Gasteiger partial charge in [-0.2, -0.15) is 0 Å². The molecule has 0 aliphatic carbocycles. The molecule has 0 N–H and O–H groups in total. The highest BCUT2D eigenvalue weighted by atomic mass is 32.1. The Morgan fingerprint density at radius 2 is 1.84 bits per heavy atom. The average molecular weight is 442 g/mol. The van der Waals surface area contributed by atoms with Crippen LogP contribution in [-0.4, -0.2) is 60.6 Å². The fourth-order valence-corrected chi connectivity index (χ4v) is 4.26. The standard InChI is InChI=1S/C23H24FN3O3S/c1-29-18-8-6-17(7-9-18)20-16-31-22(25-20)14-26-10-12-27(13-11-26)23(28)15-30-21-5-3-2-4-19(21)24/h2-9,16H,10-15H2,1H3. The SMILES string of the molecule is COc1ccc(-c2csc(CN3CCN(C(=O)COc4ccccc4F)CC3)n2)cc1. The number of methoxy groups -OCH3 is 1. The van der Waals surface area contributed by atoms with Gasteiger partial charge in [-0.05, 0) is 36.4 Å². The van der Waals surface area contributed by atoms with Gasteiger partial charge in [-0.3, -0.25) is 9.69 Å². The van der Waals surface area contributed by atoms with Crippen molar-refractivity contribution in [3.8, 4) is 22.8 Å². The zero-order valence-corrected chi connectivity index (χ0v) is 18.1. The maximum atomic E-state index is 13.6. The largest absolute Gasteiger partial charge is 0.497 e. The van der Waals surface area contributed by atoms with E-state index in [0.29, 0.717) is 13.1 Å². The number of nitrogens with zero attached hydrogens (tertiary/aromatic N) is 3. The number of piperazine rings is 1. The third kappa shape index (κ3) is 5.39. The second-order valence-corrected chi connectivity index (χ2v) is 8.17. The molecule has 0 radical (unpaired) electrons. The van der Waals surface area contributed by atoms with E-state index in [2.05, 4.69) is 10.3 Å². The summed E-state index contributed by atoms with van der Waals surface area (Å²) in [4.78, 5) is 21.2. The molecule has 2 aromatic carbocycles. The van der Waals surface area contributed by atoms with Crippen molar-refractivity contribution in [3.05, 3.63) is 64.7 Å². The summed E-state index contributed by atoms with van der Waals surface area (Å²) in [6, 6.07) is 14.0. The maximum absolute atomic E-state index is 13.6. The predicted molar refractivity (Wildman–Crippen MR) is 118 cm³/mol. The molecule has 1 amide bonds. The van der Waals surface area contributed by atoms with E-state index < -0.39 is 5.82 Å². The van der Waals surface area contributed by atoms with Gasteiger partial charge in [0.05, 0.1) is 19.3 Å². The van der Waals surface area contributed by atoms with Crippen molar-refractivity contribution in [2.24, 2.45) is 0 Å². The van der Waals surface area contributed by atoms with Crippen molar-refractivity contribution in [3.63, 3.8) is 0 Å². The van der Waals surface area contributed by atoms with Crippen LogP contribution in [0.1, 0.15) is 5.01 Å². The van der Waals surface area contributed by atoms with Gasteiger partial charge in [0.15, 0.2) is 18.2 Å². The van der Waals surface area contributed by atoms with Crippen molar-refractivity contribution in [1.29, 1.82) is 0 Å². The fraction of sp³-hybridized carbons (Fsp3) is 0.304. The first-order valence-corrected chi connectivity index (χ1v) is 11.0. The summed E-state index contributed by atoms with van der Waals surface area (Å²) in [5.74, 6) is 0.341. The second-order valence-electron chi connectivity index (χ2n) is 7.23. The number of rotatable bonds is 7. The van der Waals surface area contributed by atoms with Gasteiger partial charge >= 0.3 is 0 Å². The number of halogens is 1. The minimum Gasteiger partial charge on any atom is -0.497 e. The summed E-state index contributed by atoms with van der Waals surface area (Å²) >= 11 is 1.64. The molecule has 2 heterocycles. The zero-order valence-electron chi connectivity index (χ0n) is 17.3. The molecule has 1 aromatic heterocycles. The van der Waals surface area contributed by atoms with Crippen LogP contribution in [0.25, 0.3) is 11.3 Å². The highest BCUT2D eigenvalue weighted by Crippen LogP contribution is 2.25. The third-order valence-corrected chi connectivity index (χ3v) is 6.04. The number of para-hydroxylation sites is 1. The van der Waals surface area contributed by atoms with E-state index in [1.54, 1.807) is 35.5 Å². The molecule has 1 saturated heterocycles. The maximum Gasteiger partial charge on any atom is 0.260 e. The predicted octanol–water partition coefficient (Wildman–Crippen LogP) is 3.68. The van der Waals surface area contributed by atoms with E-state index in [4.69, 9.17) is 14.5 Å². The lowest BCUT2D eigenvalue weighted by Gasteiger charge is -2.34. The van der Waals surface area contributed by atoms with E-state index in [1.165, 1.54) is 12.1 Å². The lowest BCUT2D eigenvalue weighted by molar-refractivity contribution is -0.135. The van der Waals surface area contributed by atoms with Crippen LogP contribution in [0.5, 0.6) is 11.5 Å². The fourth-order valence-electron chi connectivity index (χ4n) is 3.42. The Labute approximate surface area is 184 Å². The Morgan fingerprint density at radius 3 is 2.55 bits per heavy atom. The molecule has 4 rings (SSSR count). The van der Waals surface area contributed by atoms with Gasteiger partial charge in [-0.1, -0.05) is 12.1 Å². The lowest BCUT2D eigenvalue weighted by Crippen LogP contribution is -2.49. The highest BCUT2D eigenvalue weighted by Gasteiger charge is 2.22. The number of carbonyl (C=O) groups excluding carboxylic acids is 1. The van der Waals surface area contributed by atoms with Gasteiger partial charge in [-0.25, -0.2) is 9.37 Å². The number of ether oxygens (including phenoxy) is 2. The van der Waals surface area contributed by atoms with Crippen LogP contribution in [0.4, 0.5) is 4.39 Å². The summed E-state index contributed by atoms with van der Waals surface area (Å²) in [5.41, 5.74) is 2.02. The minimum atomic E-state index is -0.461. The van der Waals surface area contributed by atoms with Crippen LogP contribution in [-0.2, 0) is 11.3 Å². The number of carbonyl (C=O) groups is 1.